The maximum absolute atomic E-state index is 14.8. The number of ether oxygens (including phenoxy) is 2. The molecule has 3 rings (SSSR count). The van der Waals surface area contributed by atoms with Crippen LogP contribution in [-0.2, 0) is 25.5 Å². The standard InChI is InChI=1S/C24H27FN2O4/c1-13-12-17(14(2)26-13)10-11-31-24(29)21-16(4)27-15(3)20(23(28)30-5)22(21)18-8-6-7-9-19(18)25/h6-9,12,20,22,26H,10-11H2,1-5H3. The summed E-state index contributed by atoms with van der Waals surface area (Å²) in [5.41, 5.74) is 4.40. The highest BCUT2D eigenvalue weighted by Gasteiger charge is 2.43. The largest absolute Gasteiger partial charge is 0.468 e. The van der Waals surface area contributed by atoms with Crippen LogP contribution >= 0.6 is 0 Å². The summed E-state index contributed by atoms with van der Waals surface area (Å²) in [6.07, 6.45) is 0.543. The number of H-pyrrole nitrogens is 1. The summed E-state index contributed by atoms with van der Waals surface area (Å²) in [5.74, 6) is -3.49. The van der Waals surface area contributed by atoms with Gasteiger partial charge < -0.3 is 14.5 Å². The van der Waals surface area contributed by atoms with Crippen LogP contribution in [0.3, 0.4) is 0 Å². The number of aryl methyl sites for hydroxylation is 2. The van der Waals surface area contributed by atoms with Crippen molar-refractivity contribution in [3.63, 3.8) is 0 Å². The molecule has 1 aliphatic heterocycles. The van der Waals surface area contributed by atoms with E-state index in [1.165, 1.54) is 13.2 Å². The Morgan fingerprint density at radius 3 is 2.48 bits per heavy atom. The minimum atomic E-state index is -0.914. The fourth-order valence-corrected chi connectivity index (χ4v) is 4.17. The molecule has 2 heterocycles. The molecule has 1 N–H and O–H groups in total. The van der Waals surface area contributed by atoms with E-state index in [1.807, 2.05) is 19.9 Å². The van der Waals surface area contributed by atoms with Crippen LogP contribution in [0.15, 0.2) is 46.6 Å². The summed E-state index contributed by atoms with van der Waals surface area (Å²) in [4.78, 5) is 33.3. The molecular weight excluding hydrogens is 399 g/mol. The molecule has 0 spiro atoms. The van der Waals surface area contributed by atoms with Crippen molar-refractivity contribution in [3.05, 3.63) is 69.9 Å². The molecule has 0 fully saturated rings. The molecule has 164 valence electrons. The molecule has 0 amide bonds. The first kappa shape index (κ1) is 22.5. The van der Waals surface area contributed by atoms with E-state index in [0.717, 1.165) is 17.0 Å². The van der Waals surface area contributed by atoms with Gasteiger partial charge in [0.2, 0.25) is 0 Å². The number of halogens is 1. The van der Waals surface area contributed by atoms with Crippen LogP contribution in [0, 0.1) is 25.6 Å². The SMILES string of the molecule is COC(=O)C1C(C)=NC(C)=C(C(=O)OCCc2cc(C)[nH]c2C)C1c1ccccc1F. The van der Waals surface area contributed by atoms with Crippen molar-refractivity contribution in [2.75, 3.05) is 13.7 Å². The number of hydrogen-bond acceptors (Lipinski definition) is 5. The fourth-order valence-electron chi connectivity index (χ4n) is 4.17. The van der Waals surface area contributed by atoms with Crippen LogP contribution in [0.5, 0.6) is 0 Å². The molecule has 6 nitrogen and oxygen atoms in total. The second kappa shape index (κ2) is 9.29. The van der Waals surface area contributed by atoms with Crippen LogP contribution in [0.2, 0.25) is 0 Å². The fraction of sp³-hybridized carbons (Fsp3) is 0.375. The van der Waals surface area contributed by atoms with Gasteiger partial charge in [0.1, 0.15) is 11.7 Å². The van der Waals surface area contributed by atoms with Gasteiger partial charge in [-0.25, -0.2) is 9.18 Å². The first-order valence-corrected chi connectivity index (χ1v) is 10.1. The van der Waals surface area contributed by atoms with E-state index in [1.54, 1.807) is 32.0 Å². The first-order valence-electron chi connectivity index (χ1n) is 10.1. The Kier molecular flexibility index (Phi) is 6.73. The van der Waals surface area contributed by atoms with E-state index in [9.17, 15) is 14.0 Å². The Balaban J connectivity index is 1.93. The minimum absolute atomic E-state index is 0.156. The number of rotatable bonds is 6. The van der Waals surface area contributed by atoms with Gasteiger partial charge in [0.05, 0.1) is 19.3 Å². The zero-order valence-corrected chi connectivity index (χ0v) is 18.4. The van der Waals surface area contributed by atoms with Gasteiger partial charge in [-0.15, -0.1) is 0 Å². The molecule has 0 bridgehead atoms. The Labute approximate surface area is 181 Å². The Bertz CT molecular complexity index is 1070. The molecule has 2 unspecified atom stereocenters. The van der Waals surface area contributed by atoms with Crippen molar-refractivity contribution in [1.29, 1.82) is 0 Å². The van der Waals surface area contributed by atoms with E-state index < -0.39 is 29.6 Å². The Morgan fingerprint density at radius 1 is 1.16 bits per heavy atom. The molecule has 0 aliphatic carbocycles. The summed E-state index contributed by atoms with van der Waals surface area (Å²) in [7, 11) is 1.26. The predicted molar refractivity (Wildman–Crippen MR) is 115 cm³/mol. The third-order valence-electron chi connectivity index (χ3n) is 5.61. The van der Waals surface area contributed by atoms with Gasteiger partial charge in [0, 0.05) is 35.1 Å². The molecule has 1 aliphatic rings. The van der Waals surface area contributed by atoms with Crippen molar-refractivity contribution < 1.29 is 23.5 Å². The first-order chi connectivity index (χ1) is 14.7. The Hall–Kier alpha value is -3.22. The van der Waals surface area contributed by atoms with Crippen molar-refractivity contribution >= 4 is 17.7 Å². The third-order valence-corrected chi connectivity index (χ3v) is 5.61. The van der Waals surface area contributed by atoms with Gasteiger partial charge in [-0.3, -0.25) is 9.79 Å². The quantitative estimate of drug-likeness (QED) is 0.703. The second-order valence-electron chi connectivity index (χ2n) is 7.74. The highest BCUT2D eigenvalue weighted by Crippen LogP contribution is 2.41. The zero-order valence-electron chi connectivity index (χ0n) is 18.4. The van der Waals surface area contributed by atoms with Crippen LogP contribution in [0.4, 0.5) is 4.39 Å². The number of esters is 2. The average molecular weight is 426 g/mol. The van der Waals surface area contributed by atoms with E-state index in [0.29, 0.717) is 17.8 Å². The number of nitrogens with zero attached hydrogens (tertiary/aromatic N) is 1. The van der Waals surface area contributed by atoms with Crippen molar-refractivity contribution in [3.8, 4) is 0 Å². The number of benzene rings is 1. The highest BCUT2D eigenvalue weighted by atomic mass is 19.1. The van der Waals surface area contributed by atoms with E-state index in [-0.39, 0.29) is 17.7 Å². The minimum Gasteiger partial charge on any atom is -0.468 e. The van der Waals surface area contributed by atoms with Gasteiger partial charge in [0.15, 0.2) is 0 Å². The maximum atomic E-state index is 14.8. The summed E-state index contributed by atoms with van der Waals surface area (Å²) in [6.45, 7) is 7.43. The van der Waals surface area contributed by atoms with Gasteiger partial charge in [-0.05, 0) is 51.0 Å². The smallest absolute Gasteiger partial charge is 0.336 e. The predicted octanol–water partition coefficient (Wildman–Crippen LogP) is 4.18. The Morgan fingerprint density at radius 2 is 1.87 bits per heavy atom. The van der Waals surface area contributed by atoms with Crippen molar-refractivity contribution in [2.24, 2.45) is 10.9 Å². The lowest BCUT2D eigenvalue weighted by Gasteiger charge is -2.31. The van der Waals surface area contributed by atoms with Gasteiger partial charge in [-0.1, -0.05) is 18.2 Å². The van der Waals surface area contributed by atoms with Crippen molar-refractivity contribution in [1.82, 2.24) is 4.98 Å². The van der Waals surface area contributed by atoms with Crippen molar-refractivity contribution in [2.45, 2.75) is 40.0 Å². The molecular formula is C24H27FN2O4. The second-order valence-corrected chi connectivity index (χ2v) is 7.74. The number of hydrogen-bond donors (Lipinski definition) is 1. The lowest BCUT2D eigenvalue weighted by atomic mass is 9.75. The lowest BCUT2D eigenvalue weighted by molar-refractivity contribution is -0.144. The van der Waals surface area contributed by atoms with E-state index in [2.05, 4.69) is 9.98 Å². The number of aromatic amines is 1. The molecule has 0 saturated carbocycles. The molecule has 0 radical (unpaired) electrons. The van der Waals surface area contributed by atoms with E-state index >= 15 is 0 Å². The summed E-state index contributed by atoms with van der Waals surface area (Å²) < 4.78 is 25.3. The van der Waals surface area contributed by atoms with Crippen LogP contribution in [0.25, 0.3) is 0 Å². The maximum Gasteiger partial charge on any atom is 0.336 e. The zero-order chi connectivity index (χ0) is 22.7. The van der Waals surface area contributed by atoms with Gasteiger partial charge in [0.25, 0.3) is 0 Å². The topological polar surface area (TPSA) is 80.8 Å². The van der Waals surface area contributed by atoms with Gasteiger partial charge >= 0.3 is 11.9 Å². The lowest BCUT2D eigenvalue weighted by Crippen LogP contribution is -2.36. The van der Waals surface area contributed by atoms with Crippen LogP contribution < -0.4 is 0 Å². The summed E-state index contributed by atoms with van der Waals surface area (Å²) >= 11 is 0. The number of nitrogens with one attached hydrogen (secondary N) is 1. The molecule has 7 heteroatoms. The molecule has 0 saturated heterocycles. The number of methoxy groups -OCH3 is 1. The molecule has 2 aromatic rings. The molecule has 2 atom stereocenters. The number of aliphatic imine (C=N–C) groups is 1. The van der Waals surface area contributed by atoms with E-state index in [4.69, 9.17) is 9.47 Å². The number of allylic oxidation sites excluding steroid dienone is 1. The summed E-state index contributed by atoms with van der Waals surface area (Å²) in [5, 5.41) is 0. The molecule has 31 heavy (non-hydrogen) atoms. The van der Waals surface area contributed by atoms with Crippen LogP contribution in [0.1, 0.15) is 42.3 Å². The summed E-state index contributed by atoms with van der Waals surface area (Å²) in [6, 6.07) is 8.12. The normalized spacial score (nSPS) is 18.6. The average Bonchev–Trinajstić information content (AvgIpc) is 3.04. The van der Waals surface area contributed by atoms with Gasteiger partial charge in [-0.2, -0.15) is 0 Å². The number of carbonyl (C=O) groups is 2. The number of carbonyl (C=O) groups excluding carboxylic acids is 2. The monoisotopic (exact) mass is 426 g/mol. The highest BCUT2D eigenvalue weighted by molar-refractivity contribution is 6.07. The molecule has 1 aromatic carbocycles. The molecule has 1 aromatic heterocycles. The van der Waals surface area contributed by atoms with Crippen LogP contribution in [-0.4, -0.2) is 36.4 Å². The number of aromatic nitrogens is 1. The third kappa shape index (κ3) is 4.60.